The number of carbonyl (C=O) groups excluding carboxylic acids is 1. The van der Waals surface area contributed by atoms with E-state index in [1.807, 2.05) is 9.80 Å². The lowest BCUT2D eigenvalue weighted by atomic mass is 10.1. The minimum Gasteiger partial charge on any atom is -0.354 e. The second-order valence-corrected chi connectivity index (χ2v) is 8.83. The van der Waals surface area contributed by atoms with Crippen molar-refractivity contribution in [2.75, 3.05) is 26.2 Å². The lowest BCUT2D eigenvalue weighted by Crippen LogP contribution is -2.38. The summed E-state index contributed by atoms with van der Waals surface area (Å²) in [5.41, 5.74) is 1.01. The molecule has 144 valence electrons. The van der Waals surface area contributed by atoms with Gasteiger partial charge < -0.3 is 9.80 Å². The van der Waals surface area contributed by atoms with Crippen LogP contribution in [0.5, 0.6) is 0 Å². The highest BCUT2D eigenvalue weighted by Crippen LogP contribution is 2.34. The van der Waals surface area contributed by atoms with Gasteiger partial charge in [0.15, 0.2) is 0 Å². The van der Waals surface area contributed by atoms with Gasteiger partial charge in [0.25, 0.3) is 10.0 Å². The van der Waals surface area contributed by atoms with Gasteiger partial charge in [-0.2, -0.15) is 8.42 Å². The third-order valence-corrected chi connectivity index (χ3v) is 6.75. The van der Waals surface area contributed by atoms with Crippen molar-refractivity contribution in [1.82, 2.24) is 9.80 Å². The molecule has 1 amide bonds. The predicted molar refractivity (Wildman–Crippen MR) is 101 cm³/mol. The van der Waals surface area contributed by atoms with Crippen molar-refractivity contribution in [2.24, 2.45) is 10.3 Å². The summed E-state index contributed by atoms with van der Waals surface area (Å²) in [6.45, 7) is 4.21. The van der Waals surface area contributed by atoms with Crippen molar-refractivity contribution in [3.63, 3.8) is 0 Å². The summed E-state index contributed by atoms with van der Waals surface area (Å²) in [4.78, 5) is 16.3. The van der Waals surface area contributed by atoms with E-state index >= 15 is 0 Å². The van der Waals surface area contributed by atoms with Crippen molar-refractivity contribution in [3.8, 4) is 0 Å². The molecule has 0 spiro atoms. The van der Waals surface area contributed by atoms with Gasteiger partial charge in [-0.1, -0.05) is 12.1 Å². The van der Waals surface area contributed by atoms with Crippen LogP contribution < -0.4 is 0 Å². The molecule has 0 bridgehead atoms. The van der Waals surface area contributed by atoms with Crippen molar-refractivity contribution in [1.29, 1.82) is 0 Å². The highest BCUT2D eigenvalue weighted by molar-refractivity contribution is 8.00. The maximum atomic E-state index is 13.2. The van der Waals surface area contributed by atoms with Crippen LogP contribution in [0.3, 0.4) is 0 Å². The van der Waals surface area contributed by atoms with Gasteiger partial charge in [-0.05, 0) is 43.9 Å². The molecule has 1 aliphatic carbocycles. The van der Waals surface area contributed by atoms with Crippen LogP contribution in [0.25, 0.3) is 4.91 Å². The van der Waals surface area contributed by atoms with E-state index in [2.05, 4.69) is 4.40 Å². The summed E-state index contributed by atoms with van der Waals surface area (Å²) in [7, 11) is -3.82. The molecule has 0 atom stereocenters. The van der Waals surface area contributed by atoms with Gasteiger partial charge in [-0.15, -0.1) is 4.40 Å². The molecule has 4 rings (SSSR count). The maximum Gasteiger partial charge on any atom is 0.285 e. The minimum atomic E-state index is -3.82. The zero-order valence-corrected chi connectivity index (χ0v) is 16.0. The molecule has 0 N–H and O–H groups in total. The zero-order chi connectivity index (χ0) is 19.2. The third-order valence-electron chi connectivity index (χ3n) is 5.28. The summed E-state index contributed by atoms with van der Waals surface area (Å²) >= 11 is 0. The topological polar surface area (TPSA) is 70.1 Å². The van der Waals surface area contributed by atoms with Gasteiger partial charge in [0.05, 0.1) is 0 Å². The summed E-state index contributed by atoms with van der Waals surface area (Å²) < 4.78 is 42.5. The number of rotatable bonds is 2. The van der Waals surface area contributed by atoms with Crippen LogP contribution in [0.1, 0.15) is 31.7 Å². The molecule has 0 unspecified atom stereocenters. The Labute approximate surface area is 158 Å². The average molecular weight is 391 g/mol. The quantitative estimate of drug-likeness (QED) is 0.775. The third kappa shape index (κ3) is 3.50. The molecule has 2 aliphatic heterocycles. The van der Waals surface area contributed by atoms with Crippen LogP contribution in [0.4, 0.5) is 4.39 Å². The number of halogens is 1. The molecule has 6 nitrogen and oxygen atoms in total. The number of amides is 1. The van der Waals surface area contributed by atoms with E-state index in [-0.39, 0.29) is 16.7 Å². The molecule has 1 saturated carbocycles. The molecule has 27 heavy (non-hydrogen) atoms. The summed E-state index contributed by atoms with van der Waals surface area (Å²) in [5, 5.41) is 0. The predicted octanol–water partition coefficient (Wildman–Crippen LogP) is 2.24. The number of sulfonamides is 1. The molecular formula is C19H22FN3O3S. The van der Waals surface area contributed by atoms with Gasteiger partial charge >= 0.3 is 0 Å². The fourth-order valence-electron chi connectivity index (χ4n) is 3.72. The van der Waals surface area contributed by atoms with Gasteiger partial charge in [-0.3, -0.25) is 4.79 Å². The first-order chi connectivity index (χ1) is 12.9. The minimum absolute atomic E-state index is 0.132. The Morgan fingerprint density at radius 3 is 2.48 bits per heavy atom. The number of hydrogen-bond acceptors (Lipinski definition) is 4. The van der Waals surface area contributed by atoms with Crippen LogP contribution in [0.15, 0.2) is 34.2 Å². The lowest BCUT2D eigenvalue weighted by molar-refractivity contribution is -0.132. The Morgan fingerprint density at radius 2 is 1.81 bits per heavy atom. The summed E-state index contributed by atoms with van der Waals surface area (Å²) in [6, 6.07) is 5.41. The molecule has 0 aromatic heterocycles. The molecule has 8 heteroatoms. The smallest absolute Gasteiger partial charge is 0.285 e. The Hall–Kier alpha value is -2.22. The van der Waals surface area contributed by atoms with Crippen LogP contribution in [0.2, 0.25) is 0 Å². The van der Waals surface area contributed by atoms with Gasteiger partial charge in [0.2, 0.25) is 5.91 Å². The van der Waals surface area contributed by atoms with Crippen molar-refractivity contribution < 1.29 is 17.6 Å². The molecule has 1 saturated heterocycles. The monoisotopic (exact) mass is 391 g/mol. The second kappa shape index (κ2) is 6.74. The van der Waals surface area contributed by atoms with Crippen molar-refractivity contribution in [3.05, 3.63) is 41.2 Å². The summed E-state index contributed by atoms with van der Waals surface area (Å²) in [5.74, 6) is 0.432. The Kier molecular flexibility index (Phi) is 4.53. The molecular weight excluding hydrogens is 369 g/mol. The lowest BCUT2D eigenvalue weighted by Gasteiger charge is -2.23. The first-order valence-corrected chi connectivity index (χ1v) is 10.7. The first-order valence-electron chi connectivity index (χ1n) is 9.23. The number of carbonyl (C=O) groups is 1. The first kappa shape index (κ1) is 18.2. The SMILES string of the molecule is CC1=C(c2ccc(F)cc2)S(=O)(=O)N=C1N1CCCN(C(=O)C2CC2)CC1. The fourth-order valence-corrected chi connectivity index (χ4v) is 5.21. The van der Waals surface area contributed by atoms with Crippen LogP contribution in [0, 0.1) is 11.7 Å². The fraction of sp³-hybridized carbons (Fsp3) is 0.474. The van der Waals surface area contributed by atoms with Gasteiger partial charge in [-0.25, -0.2) is 4.39 Å². The molecule has 3 aliphatic rings. The summed E-state index contributed by atoms with van der Waals surface area (Å²) in [6.07, 6.45) is 2.73. The van der Waals surface area contributed by atoms with E-state index in [4.69, 9.17) is 0 Å². The highest BCUT2D eigenvalue weighted by atomic mass is 32.2. The van der Waals surface area contributed by atoms with Crippen LogP contribution >= 0.6 is 0 Å². The average Bonchev–Trinajstić information content (AvgIpc) is 3.45. The highest BCUT2D eigenvalue weighted by Gasteiger charge is 2.36. The van der Waals surface area contributed by atoms with E-state index in [0.717, 1.165) is 19.3 Å². The molecule has 2 heterocycles. The van der Waals surface area contributed by atoms with E-state index in [1.165, 1.54) is 24.3 Å². The standard InChI is InChI=1S/C19H22FN3O3S/c1-13-17(14-5-7-16(20)8-6-14)27(25,26)21-18(13)22-9-2-10-23(12-11-22)19(24)15-3-4-15/h5-8,15H,2-4,9-12H2,1H3. The van der Waals surface area contributed by atoms with Gasteiger partial charge in [0.1, 0.15) is 16.6 Å². The van der Waals surface area contributed by atoms with E-state index in [1.54, 1.807) is 6.92 Å². The van der Waals surface area contributed by atoms with Gasteiger partial charge in [0, 0.05) is 37.7 Å². The van der Waals surface area contributed by atoms with Crippen molar-refractivity contribution >= 4 is 26.7 Å². The molecule has 1 aromatic rings. The van der Waals surface area contributed by atoms with Crippen LogP contribution in [-0.4, -0.2) is 56.1 Å². The Balaban J connectivity index is 1.58. The molecule has 1 aromatic carbocycles. The van der Waals surface area contributed by atoms with Crippen molar-refractivity contribution in [2.45, 2.75) is 26.2 Å². The Morgan fingerprint density at radius 1 is 1.11 bits per heavy atom. The second-order valence-electron chi connectivity index (χ2n) is 7.29. The molecule has 2 fully saturated rings. The van der Waals surface area contributed by atoms with E-state index in [9.17, 15) is 17.6 Å². The Bertz CT molecular complexity index is 933. The largest absolute Gasteiger partial charge is 0.354 e. The van der Waals surface area contributed by atoms with E-state index in [0.29, 0.717) is 43.2 Å². The number of benzene rings is 1. The molecule has 0 radical (unpaired) electrons. The normalized spacial score (nSPS) is 22.7. The zero-order valence-electron chi connectivity index (χ0n) is 15.2. The number of hydrogen-bond donors (Lipinski definition) is 0. The van der Waals surface area contributed by atoms with E-state index < -0.39 is 15.8 Å². The number of nitrogens with zero attached hydrogens (tertiary/aromatic N) is 3. The van der Waals surface area contributed by atoms with Crippen LogP contribution in [-0.2, 0) is 14.8 Å². The maximum absolute atomic E-state index is 13.2. The number of amidine groups is 1.